The van der Waals surface area contributed by atoms with Crippen molar-refractivity contribution in [2.24, 2.45) is 0 Å². The highest BCUT2D eigenvalue weighted by molar-refractivity contribution is 5.85. The summed E-state index contributed by atoms with van der Waals surface area (Å²) < 4.78 is 0. The molecule has 4 nitrogen and oxygen atoms in total. The molecule has 2 heterocycles. The maximum absolute atomic E-state index is 5.67. The summed E-state index contributed by atoms with van der Waals surface area (Å²) in [7, 11) is 0. The minimum Gasteiger partial charge on any atom is -0.382 e. The van der Waals surface area contributed by atoms with Crippen LogP contribution in [-0.4, -0.2) is 15.0 Å². The van der Waals surface area contributed by atoms with Crippen molar-refractivity contribution < 1.29 is 0 Å². The molecule has 0 radical (unpaired) electrons. The van der Waals surface area contributed by atoms with Crippen LogP contribution in [0.5, 0.6) is 0 Å². The number of nitrogens with zero attached hydrogens (tertiary/aromatic N) is 3. The van der Waals surface area contributed by atoms with E-state index >= 15 is 0 Å². The molecule has 0 unspecified atom stereocenters. The molecule has 0 aliphatic heterocycles. The molecule has 0 aliphatic rings. The monoisotopic (exact) mass is 174 g/mol. The molecule has 0 aliphatic carbocycles. The van der Waals surface area contributed by atoms with Gasteiger partial charge in [0.15, 0.2) is 5.82 Å². The van der Waals surface area contributed by atoms with Crippen molar-refractivity contribution in [3.8, 4) is 0 Å². The summed E-state index contributed by atoms with van der Waals surface area (Å²) in [6.45, 7) is 2.08. The van der Waals surface area contributed by atoms with Gasteiger partial charge in [0.1, 0.15) is 11.8 Å². The van der Waals surface area contributed by atoms with Crippen LogP contribution >= 0.6 is 0 Å². The Labute approximate surface area is 75.8 Å². The topological polar surface area (TPSA) is 64.7 Å². The van der Waals surface area contributed by atoms with Gasteiger partial charge in [-0.15, -0.1) is 0 Å². The molecule has 2 aromatic heterocycles. The van der Waals surface area contributed by atoms with Crippen molar-refractivity contribution in [3.05, 3.63) is 24.2 Å². The molecule has 2 rings (SSSR count). The summed E-state index contributed by atoms with van der Waals surface area (Å²) >= 11 is 0. The molecule has 2 aromatic rings. The second-order valence-electron chi connectivity index (χ2n) is 2.78. The normalized spacial score (nSPS) is 10.5. The molecule has 0 saturated heterocycles. The number of nitrogens with two attached hydrogens (primary N) is 1. The van der Waals surface area contributed by atoms with Crippen LogP contribution in [0, 0.1) is 0 Å². The fourth-order valence-corrected chi connectivity index (χ4v) is 1.32. The lowest BCUT2D eigenvalue weighted by molar-refractivity contribution is 1.11. The van der Waals surface area contributed by atoms with Crippen LogP contribution < -0.4 is 5.73 Å². The van der Waals surface area contributed by atoms with E-state index in [4.69, 9.17) is 5.73 Å². The van der Waals surface area contributed by atoms with Gasteiger partial charge >= 0.3 is 0 Å². The predicted molar refractivity (Wildman–Crippen MR) is 51.1 cm³/mol. The first kappa shape index (κ1) is 7.91. The molecule has 0 atom stereocenters. The van der Waals surface area contributed by atoms with Gasteiger partial charge in [-0.05, 0) is 18.1 Å². The summed E-state index contributed by atoms with van der Waals surface area (Å²) in [4.78, 5) is 12.2. The first-order valence-corrected chi connectivity index (χ1v) is 4.17. The molecule has 0 fully saturated rings. The zero-order valence-electron chi connectivity index (χ0n) is 7.36. The third kappa shape index (κ3) is 1.20. The fourth-order valence-electron chi connectivity index (χ4n) is 1.32. The Balaban J connectivity index is 2.84. The quantitative estimate of drug-likeness (QED) is 0.704. The van der Waals surface area contributed by atoms with Gasteiger partial charge < -0.3 is 5.73 Å². The third-order valence-corrected chi connectivity index (χ3v) is 2.01. The summed E-state index contributed by atoms with van der Waals surface area (Å²) in [6, 6.07) is 1.95. The number of hydrogen-bond donors (Lipinski definition) is 1. The van der Waals surface area contributed by atoms with E-state index in [0.717, 1.165) is 17.5 Å². The largest absolute Gasteiger partial charge is 0.382 e. The van der Waals surface area contributed by atoms with E-state index in [9.17, 15) is 0 Å². The van der Waals surface area contributed by atoms with E-state index in [1.165, 1.54) is 6.33 Å². The van der Waals surface area contributed by atoms with E-state index in [-0.39, 0.29) is 0 Å². The molecule has 13 heavy (non-hydrogen) atoms. The standard InChI is InChI=1S/C9H10N4/c1-2-6-3-4-11-8-7(6)12-5-13-9(8)10/h3-5H,2H2,1H3,(H2,10,12,13). The Morgan fingerprint density at radius 1 is 1.23 bits per heavy atom. The predicted octanol–water partition coefficient (Wildman–Crippen LogP) is 1.17. The molecule has 4 heteroatoms. The molecule has 0 aromatic carbocycles. The lowest BCUT2D eigenvalue weighted by Crippen LogP contribution is -1.97. The Morgan fingerprint density at radius 2 is 2.08 bits per heavy atom. The zero-order valence-corrected chi connectivity index (χ0v) is 7.36. The first-order chi connectivity index (χ1) is 6.33. The number of hydrogen-bond acceptors (Lipinski definition) is 4. The summed E-state index contributed by atoms with van der Waals surface area (Å²) in [5.41, 5.74) is 8.37. The van der Waals surface area contributed by atoms with Gasteiger partial charge in [0.25, 0.3) is 0 Å². The van der Waals surface area contributed by atoms with E-state index < -0.39 is 0 Å². The number of nitrogen functional groups attached to an aromatic ring is 1. The molecule has 66 valence electrons. The van der Waals surface area contributed by atoms with Crippen LogP contribution in [0.4, 0.5) is 5.82 Å². The first-order valence-electron chi connectivity index (χ1n) is 4.17. The van der Waals surface area contributed by atoms with E-state index in [1.54, 1.807) is 6.20 Å². The lowest BCUT2D eigenvalue weighted by atomic mass is 10.1. The second-order valence-corrected chi connectivity index (χ2v) is 2.78. The molecular formula is C9H10N4. The average molecular weight is 174 g/mol. The Morgan fingerprint density at radius 3 is 2.85 bits per heavy atom. The van der Waals surface area contributed by atoms with E-state index in [0.29, 0.717) is 11.3 Å². The van der Waals surface area contributed by atoms with Gasteiger partial charge in [0, 0.05) is 6.20 Å². The van der Waals surface area contributed by atoms with Crippen LogP contribution in [0.2, 0.25) is 0 Å². The van der Waals surface area contributed by atoms with Gasteiger partial charge in [-0.2, -0.15) is 0 Å². The highest BCUT2D eigenvalue weighted by atomic mass is 14.9. The molecule has 0 amide bonds. The van der Waals surface area contributed by atoms with Crippen molar-refractivity contribution in [2.45, 2.75) is 13.3 Å². The van der Waals surface area contributed by atoms with Crippen molar-refractivity contribution in [1.82, 2.24) is 15.0 Å². The molecule has 0 spiro atoms. The van der Waals surface area contributed by atoms with Crippen molar-refractivity contribution >= 4 is 16.9 Å². The van der Waals surface area contributed by atoms with Crippen LogP contribution in [0.15, 0.2) is 18.6 Å². The van der Waals surface area contributed by atoms with Crippen molar-refractivity contribution in [2.75, 3.05) is 5.73 Å². The van der Waals surface area contributed by atoms with Crippen LogP contribution in [-0.2, 0) is 6.42 Å². The summed E-state index contributed by atoms with van der Waals surface area (Å²) in [6.07, 6.45) is 4.13. The maximum atomic E-state index is 5.67. The Bertz CT molecular complexity index is 439. The zero-order chi connectivity index (χ0) is 9.26. The maximum Gasteiger partial charge on any atom is 0.153 e. The SMILES string of the molecule is CCc1ccnc2c(N)ncnc12. The molecule has 0 saturated carbocycles. The van der Waals surface area contributed by atoms with Gasteiger partial charge in [0.05, 0.1) is 5.52 Å². The number of fused-ring (bicyclic) bond motifs is 1. The molecular weight excluding hydrogens is 164 g/mol. The minimum atomic E-state index is 0.445. The van der Waals surface area contributed by atoms with Crippen LogP contribution in [0.25, 0.3) is 11.0 Å². The number of anilines is 1. The van der Waals surface area contributed by atoms with Crippen LogP contribution in [0.3, 0.4) is 0 Å². The molecule has 2 N–H and O–H groups in total. The summed E-state index contributed by atoms with van der Waals surface area (Å²) in [5.74, 6) is 0.445. The van der Waals surface area contributed by atoms with Crippen LogP contribution in [0.1, 0.15) is 12.5 Å². The highest BCUT2D eigenvalue weighted by Crippen LogP contribution is 2.17. The average Bonchev–Trinajstić information content (AvgIpc) is 2.18. The third-order valence-electron chi connectivity index (χ3n) is 2.01. The Hall–Kier alpha value is -1.71. The fraction of sp³-hybridized carbons (Fsp3) is 0.222. The van der Waals surface area contributed by atoms with Gasteiger partial charge in [-0.3, -0.25) is 4.98 Å². The number of rotatable bonds is 1. The number of aromatic nitrogens is 3. The molecule has 0 bridgehead atoms. The highest BCUT2D eigenvalue weighted by Gasteiger charge is 2.04. The Kier molecular flexibility index (Phi) is 1.81. The van der Waals surface area contributed by atoms with E-state index in [2.05, 4.69) is 21.9 Å². The van der Waals surface area contributed by atoms with Crippen molar-refractivity contribution in [1.29, 1.82) is 0 Å². The lowest BCUT2D eigenvalue weighted by Gasteiger charge is -2.02. The summed E-state index contributed by atoms with van der Waals surface area (Å²) in [5, 5.41) is 0. The smallest absolute Gasteiger partial charge is 0.153 e. The number of aryl methyl sites for hydroxylation is 1. The second kappa shape index (κ2) is 2.97. The van der Waals surface area contributed by atoms with Gasteiger partial charge in [-0.25, -0.2) is 9.97 Å². The van der Waals surface area contributed by atoms with E-state index in [1.807, 2.05) is 6.07 Å². The van der Waals surface area contributed by atoms with Crippen molar-refractivity contribution in [3.63, 3.8) is 0 Å². The van der Waals surface area contributed by atoms with Gasteiger partial charge in [-0.1, -0.05) is 6.92 Å². The van der Waals surface area contributed by atoms with Gasteiger partial charge in [0.2, 0.25) is 0 Å². The minimum absolute atomic E-state index is 0.445. The number of pyridine rings is 1.